The molecule has 0 aliphatic carbocycles. The zero-order valence-electron chi connectivity index (χ0n) is 16.3. The molecular weight excluding hydrogens is 410 g/mol. The minimum absolute atomic E-state index is 0.0131. The predicted molar refractivity (Wildman–Crippen MR) is 114 cm³/mol. The third kappa shape index (κ3) is 4.25. The summed E-state index contributed by atoms with van der Waals surface area (Å²) in [5.41, 5.74) is 0.696. The number of hydrogen-bond acceptors (Lipinski definition) is 5. The van der Waals surface area contributed by atoms with E-state index in [0.717, 1.165) is 17.0 Å². The van der Waals surface area contributed by atoms with E-state index in [9.17, 15) is 18.0 Å². The highest BCUT2D eigenvalue weighted by atomic mass is 32.2. The van der Waals surface area contributed by atoms with Gasteiger partial charge in [-0.2, -0.15) is 0 Å². The summed E-state index contributed by atoms with van der Waals surface area (Å²) in [5.74, 6) is 0.417. The van der Waals surface area contributed by atoms with Gasteiger partial charge in [0.15, 0.2) is 0 Å². The van der Waals surface area contributed by atoms with Gasteiger partial charge in [0.2, 0.25) is 15.9 Å². The highest BCUT2D eigenvalue weighted by Gasteiger charge is 2.36. The number of rotatable bonds is 6. The number of piperidine rings is 1. The molecule has 0 unspecified atom stereocenters. The van der Waals surface area contributed by atoms with E-state index in [1.54, 1.807) is 28.9 Å². The molecule has 7 nitrogen and oxygen atoms in total. The van der Waals surface area contributed by atoms with E-state index < -0.39 is 10.0 Å². The molecule has 2 bridgehead atoms. The van der Waals surface area contributed by atoms with Crippen LogP contribution in [0, 0.1) is 5.92 Å². The number of sulfonamides is 1. The molecule has 1 amide bonds. The third-order valence-electron chi connectivity index (χ3n) is 5.60. The van der Waals surface area contributed by atoms with Crippen LogP contribution >= 0.6 is 11.3 Å². The van der Waals surface area contributed by atoms with Crippen LogP contribution in [-0.2, 0) is 27.8 Å². The highest BCUT2D eigenvalue weighted by molar-refractivity contribution is 7.92. The maximum Gasteiger partial charge on any atom is 0.275 e. The molecule has 1 saturated heterocycles. The Kier molecular flexibility index (Phi) is 5.52. The first-order chi connectivity index (χ1) is 13.9. The van der Waals surface area contributed by atoms with E-state index in [0.29, 0.717) is 32.5 Å². The fraction of sp³-hybridized carbons (Fsp3) is 0.500. The van der Waals surface area contributed by atoms with Gasteiger partial charge in [0.05, 0.1) is 12.2 Å². The molecule has 0 aromatic carbocycles. The van der Waals surface area contributed by atoms with E-state index in [1.807, 2.05) is 28.5 Å². The molecule has 0 spiro atoms. The van der Waals surface area contributed by atoms with Gasteiger partial charge in [-0.1, -0.05) is 13.0 Å². The smallest absolute Gasteiger partial charge is 0.275 e. The zero-order valence-corrected chi connectivity index (χ0v) is 18.0. The summed E-state index contributed by atoms with van der Waals surface area (Å²) in [6.07, 6.45) is 1.85. The van der Waals surface area contributed by atoms with Crippen LogP contribution in [0.15, 0.2) is 34.4 Å². The topological polar surface area (TPSA) is 88.5 Å². The number of fused-ring (bicyclic) bond motifs is 4. The lowest BCUT2D eigenvalue weighted by atomic mass is 9.83. The van der Waals surface area contributed by atoms with Crippen LogP contribution in [0.5, 0.6) is 0 Å². The first-order valence-electron chi connectivity index (χ1n) is 9.90. The summed E-state index contributed by atoms with van der Waals surface area (Å²) in [6, 6.07) is 7.32. The number of pyridine rings is 1. The molecule has 2 aliphatic heterocycles. The third-order valence-corrected chi connectivity index (χ3v) is 7.95. The van der Waals surface area contributed by atoms with E-state index in [1.165, 1.54) is 0 Å². The van der Waals surface area contributed by atoms with E-state index in [-0.39, 0.29) is 34.7 Å². The Morgan fingerprint density at radius 3 is 2.79 bits per heavy atom. The monoisotopic (exact) mass is 435 g/mol. The Balaban J connectivity index is 1.54. The molecular formula is C20H25N3O4S2. The second-order valence-corrected chi connectivity index (χ2v) is 10.7. The van der Waals surface area contributed by atoms with E-state index in [4.69, 9.17) is 0 Å². The number of hydrogen-bond donors (Lipinski definition) is 1. The molecule has 2 aromatic rings. The van der Waals surface area contributed by atoms with Crippen LogP contribution in [0.4, 0.5) is 5.69 Å². The first-order valence-corrected chi connectivity index (χ1v) is 12.4. The van der Waals surface area contributed by atoms with Gasteiger partial charge in [0.25, 0.3) is 5.56 Å². The molecule has 2 aromatic heterocycles. The molecule has 156 valence electrons. The molecule has 2 aliphatic rings. The minimum Gasteiger partial charge on any atom is -0.341 e. The number of amides is 1. The van der Waals surface area contributed by atoms with Gasteiger partial charge in [-0.25, -0.2) is 8.42 Å². The normalized spacial score (nSPS) is 20.9. The molecule has 1 N–H and O–H groups in total. The fourth-order valence-electron chi connectivity index (χ4n) is 4.39. The van der Waals surface area contributed by atoms with E-state index in [2.05, 4.69) is 4.72 Å². The molecule has 0 radical (unpaired) electrons. The number of nitrogens with one attached hydrogen (secondary N) is 1. The van der Waals surface area contributed by atoms with Gasteiger partial charge in [-0.15, -0.1) is 11.3 Å². The maximum absolute atomic E-state index is 12.9. The average Bonchev–Trinajstić information content (AvgIpc) is 3.17. The van der Waals surface area contributed by atoms with E-state index >= 15 is 0 Å². The fourth-order valence-corrected chi connectivity index (χ4v) is 6.21. The Bertz CT molecular complexity index is 1060. The first kappa shape index (κ1) is 20.2. The molecule has 9 heteroatoms. The lowest BCUT2D eigenvalue weighted by molar-refractivity contribution is -0.133. The molecule has 29 heavy (non-hydrogen) atoms. The van der Waals surface area contributed by atoms with Crippen LogP contribution in [0.25, 0.3) is 0 Å². The summed E-state index contributed by atoms with van der Waals surface area (Å²) < 4.78 is 28.3. The minimum atomic E-state index is -3.51. The number of anilines is 1. The maximum atomic E-state index is 12.9. The summed E-state index contributed by atoms with van der Waals surface area (Å²) in [6.45, 7) is 3.53. The summed E-state index contributed by atoms with van der Waals surface area (Å²) >= 11 is 1.59. The van der Waals surface area contributed by atoms with Crippen molar-refractivity contribution in [3.63, 3.8) is 0 Å². The van der Waals surface area contributed by atoms with Crippen molar-refractivity contribution in [1.29, 1.82) is 0 Å². The quantitative estimate of drug-likeness (QED) is 0.754. The van der Waals surface area contributed by atoms with Crippen LogP contribution in [0.3, 0.4) is 0 Å². The predicted octanol–water partition coefficient (Wildman–Crippen LogP) is 2.25. The molecule has 4 heterocycles. The Morgan fingerprint density at radius 2 is 2.07 bits per heavy atom. The summed E-state index contributed by atoms with van der Waals surface area (Å²) in [5, 5.41) is 1.97. The lowest BCUT2D eigenvalue weighted by Crippen LogP contribution is -2.49. The Hall–Kier alpha value is -2.13. The molecule has 2 atom stereocenters. The Morgan fingerprint density at radius 1 is 1.24 bits per heavy atom. The molecule has 1 fully saturated rings. The number of nitrogens with zero attached hydrogens (tertiary/aromatic N) is 2. The average molecular weight is 436 g/mol. The second-order valence-electron chi connectivity index (χ2n) is 7.86. The van der Waals surface area contributed by atoms with Gasteiger partial charge >= 0.3 is 0 Å². The van der Waals surface area contributed by atoms with Crippen molar-refractivity contribution >= 4 is 33.0 Å². The van der Waals surface area contributed by atoms with Crippen LogP contribution in [-0.4, -0.2) is 42.6 Å². The van der Waals surface area contributed by atoms with Gasteiger partial charge < -0.3 is 9.47 Å². The zero-order chi connectivity index (χ0) is 20.6. The van der Waals surface area contributed by atoms with Gasteiger partial charge in [0.1, 0.15) is 5.69 Å². The van der Waals surface area contributed by atoms with Crippen molar-refractivity contribution in [3.05, 3.63) is 50.6 Å². The SMILES string of the molecule is CCCS(=O)(=O)Nc1ccc2n(c1=O)C[C@H]1C[C@@H]2CN(C(=O)Cc2cccs2)C1. The van der Waals surface area contributed by atoms with Crippen molar-refractivity contribution in [2.45, 2.75) is 38.6 Å². The van der Waals surface area contributed by atoms with Crippen LogP contribution in [0.1, 0.15) is 36.3 Å². The van der Waals surface area contributed by atoms with Gasteiger partial charge in [-0.3, -0.25) is 14.3 Å². The van der Waals surface area contributed by atoms with Crippen molar-refractivity contribution in [1.82, 2.24) is 9.47 Å². The number of carbonyl (C=O) groups excluding carboxylic acids is 1. The van der Waals surface area contributed by atoms with Crippen LogP contribution < -0.4 is 10.3 Å². The number of aromatic nitrogens is 1. The largest absolute Gasteiger partial charge is 0.341 e. The highest BCUT2D eigenvalue weighted by Crippen LogP contribution is 2.35. The standard InChI is InChI=1S/C20H25N3O4S2/c1-2-8-29(26,27)21-17-5-6-18-15-9-14(12-23(18)20(17)25)11-22(13-15)19(24)10-16-4-3-7-28-16/h3-7,14-15,21H,2,8-13H2,1H3/t14-,15+/m0/s1. The number of likely N-dealkylation sites (tertiary alicyclic amines) is 1. The van der Waals surface area contributed by atoms with Gasteiger partial charge in [-0.05, 0) is 42.3 Å². The van der Waals surface area contributed by atoms with Crippen molar-refractivity contribution in [2.24, 2.45) is 5.92 Å². The lowest BCUT2D eigenvalue weighted by Gasteiger charge is -2.43. The van der Waals surface area contributed by atoms with Crippen molar-refractivity contribution in [2.75, 3.05) is 23.6 Å². The van der Waals surface area contributed by atoms with Crippen molar-refractivity contribution < 1.29 is 13.2 Å². The second kappa shape index (κ2) is 7.95. The molecule has 0 saturated carbocycles. The number of thiophene rings is 1. The summed E-state index contributed by atoms with van der Waals surface area (Å²) in [4.78, 5) is 28.6. The van der Waals surface area contributed by atoms with Crippen LogP contribution in [0.2, 0.25) is 0 Å². The molecule has 4 rings (SSSR count). The number of carbonyl (C=O) groups is 1. The summed E-state index contributed by atoms with van der Waals surface area (Å²) in [7, 11) is -3.51. The van der Waals surface area contributed by atoms with Crippen molar-refractivity contribution in [3.8, 4) is 0 Å². The van der Waals surface area contributed by atoms with Gasteiger partial charge in [0, 0.05) is 36.1 Å². The Labute approximate surface area is 174 Å².